The second kappa shape index (κ2) is 5.30. The van der Waals surface area contributed by atoms with Gasteiger partial charge in [-0.05, 0) is 18.8 Å². The van der Waals surface area contributed by atoms with Gasteiger partial charge in [-0.25, -0.2) is 9.59 Å². The van der Waals surface area contributed by atoms with Crippen LogP contribution in [-0.2, 0) is 19.1 Å². The van der Waals surface area contributed by atoms with Crippen LogP contribution in [-0.4, -0.2) is 31.5 Å². The van der Waals surface area contributed by atoms with E-state index < -0.39 is 11.9 Å². The van der Waals surface area contributed by atoms with Gasteiger partial charge < -0.3 is 9.47 Å². The first kappa shape index (κ1) is 12.2. The SMILES string of the molecule is COC(=O)C1=C(C(=O)OC)C(CCBr)C1. The molecule has 0 amide bonds. The van der Waals surface area contributed by atoms with Crippen LogP contribution in [0.1, 0.15) is 12.8 Å². The maximum atomic E-state index is 11.4. The van der Waals surface area contributed by atoms with E-state index in [0.717, 1.165) is 11.8 Å². The van der Waals surface area contributed by atoms with E-state index in [0.29, 0.717) is 17.6 Å². The molecule has 1 aliphatic carbocycles. The maximum absolute atomic E-state index is 11.4. The van der Waals surface area contributed by atoms with E-state index in [9.17, 15) is 9.59 Å². The van der Waals surface area contributed by atoms with Crippen LogP contribution in [0.5, 0.6) is 0 Å². The number of hydrogen-bond donors (Lipinski definition) is 0. The summed E-state index contributed by atoms with van der Waals surface area (Å²) in [6.07, 6.45) is 1.42. The molecule has 0 saturated carbocycles. The van der Waals surface area contributed by atoms with E-state index in [-0.39, 0.29) is 5.92 Å². The maximum Gasteiger partial charge on any atom is 0.334 e. The molecule has 0 bridgehead atoms. The van der Waals surface area contributed by atoms with Gasteiger partial charge in [-0.15, -0.1) is 0 Å². The number of ether oxygens (including phenoxy) is 2. The van der Waals surface area contributed by atoms with E-state index in [1.807, 2.05) is 0 Å². The minimum Gasteiger partial charge on any atom is -0.466 e. The van der Waals surface area contributed by atoms with Crippen LogP contribution in [0, 0.1) is 5.92 Å². The number of rotatable bonds is 4. The molecule has 4 nitrogen and oxygen atoms in total. The second-order valence-corrected chi connectivity index (χ2v) is 4.05. The molecule has 1 unspecified atom stereocenters. The lowest BCUT2D eigenvalue weighted by Gasteiger charge is -2.29. The molecule has 84 valence electrons. The fourth-order valence-corrected chi connectivity index (χ4v) is 2.22. The number of esters is 2. The van der Waals surface area contributed by atoms with Crippen LogP contribution in [0.3, 0.4) is 0 Å². The summed E-state index contributed by atoms with van der Waals surface area (Å²) in [6.45, 7) is 0. The first-order valence-electron chi connectivity index (χ1n) is 4.61. The monoisotopic (exact) mass is 276 g/mol. The molecule has 1 aliphatic rings. The second-order valence-electron chi connectivity index (χ2n) is 3.25. The van der Waals surface area contributed by atoms with E-state index >= 15 is 0 Å². The molecule has 0 fully saturated rings. The molecule has 0 heterocycles. The summed E-state index contributed by atoms with van der Waals surface area (Å²) in [5.41, 5.74) is 0.930. The number of carbonyl (C=O) groups is 2. The van der Waals surface area contributed by atoms with Crippen molar-refractivity contribution < 1.29 is 19.1 Å². The first-order chi connectivity index (χ1) is 7.15. The smallest absolute Gasteiger partial charge is 0.334 e. The first-order valence-corrected chi connectivity index (χ1v) is 5.73. The summed E-state index contributed by atoms with van der Waals surface area (Å²) in [5, 5.41) is 0.798. The van der Waals surface area contributed by atoms with Crippen LogP contribution < -0.4 is 0 Å². The third kappa shape index (κ3) is 2.40. The highest BCUT2D eigenvalue weighted by molar-refractivity contribution is 9.09. The highest BCUT2D eigenvalue weighted by atomic mass is 79.9. The zero-order valence-corrected chi connectivity index (χ0v) is 10.3. The number of hydrogen-bond acceptors (Lipinski definition) is 4. The summed E-state index contributed by atoms with van der Waals surface area (Å²) in [7, 11) is 2.62. The lowest BCUT2D eigenvalue weighted by atomic mass is 9.76. The van der Waals surface area contributed by atoms with Crippen molar-refractivity contribution in [2.45, 2.75) is 12.8 Å². The average molecular weight is 277 g/mol. The number of alkyl halides is 1. The third-order valence-electron chi connectivity index (χ3n) is 2.48. The van der Waals surface area contributed by atoms with Gasteiger partial charge in [-0.2, -0.15) is 0 Å². The van der Waals surface area contributed by atoms with Crippen LogP contribution >= 0.6 is 15.9 Å². The lowest BCUT2D eigenvalue weighted by Crippen LogP contribution is -2.30. The van der Waals surface area contributed by atoms with Crippen molar-refractivity contribution in [3.05, 3.63) is 11.1 Å². The summed E-state index contributed by atoms with van der Waals surface area (Å²) in [5.74, 6) is -0.736. The number of methoxy groups -OCH3 is 2. The minimum atomic E-state index is -0.429. The highest BCUT2D eigenvalue weighted by Gasteiger charge is 2.38. The summed E-state index contributed by atoms with van der Waals surface area (Å²) in [6, 6.07) is 0. The van der Waals surface area contributed by atoms with Crippen LogP contribution in [0.4, 0.5) is 0 Å². The van der Waals surface area contributed by atoms with Gasteiger partial charge in [-0.1, -0.05) is 15.9 Å². The van der Waals surface area contributed by atoms with E-state index in [2.05, 4.69) is 25.4 Å². The predicted molar refractivity (Wildman–Crippen MR) is 57.6 cm³/mol. The summed E-state index contributed by atoms with van der Waals surface area (Å²) < 4.78 is 9.22. The normalized spacial score (nSPS) is 19.5. The zero-order valence-electron chi connectivity index (χ0n) is 8.71. The Hall–Kier alpha value is -0.840. The van der Waals surface area contributed by atoms with Crippen molar-refractivity contribution in [2.24, 2.45) is 5.92 Å². The van der Waals surface area contributed by atoms with Gasteiger partial charge in [0.15, 0.2) is 0 Å². The quantitative estimate of drug-likeness (QED) is 0.576. The Morgan fingerprint density at radius 3 is 2.40 bits per heavy atom. The largest absolute Gasteiger partial charge is 0.466 e. The number of halogens is 1. The standard InChI is InChI=1S/C10H13BrO4/c1-14-9(12)7-5-6(3-4-11)8(7)10(13)15-2/h6H,3-5H2,1-2H3. The van der Waals surface area contributed by atoms with E-state index in [1.54, 1.807) is 0 Å². The summed E-state index contributed by atoms with van der Waals surface area (Å²) >= 11 is 3.31. The molecular formula is C10H13BrO4. The number of carbonyl (C=O) groups excluding carboxylic acids is 2. The van der Waals surface area contributed by atoms with Crippen LogP contribution in [0.25, 0.3) is 0 Å². The Kier molecular flexibility index (Phi) is 4.32. The molecule has 0 aromatic rings. The Balaban J connectivity index is 2.86. The van der Waals surface area contributed by atoms with Crippen molar-refractivity contribution in [3.8, 4) is 0 Å². The van der Waals surface area contributed by atoms with Crippen LogP contribution in [0.15, 0.2) is 11.1 Å². The molecule has 0 aliphatic heterocycles. The summed E-state index contributed by atoms with van der Waals surface area (Å²) in [4.78, 5) is 22.7. The van der Waals surface area contributed by atoms with Gasteiger partial charge in [0.05, 0.1) is 19.8 Å². The molecule has 0 radical (unpaired) electrons. The fourth-order valence-electron chi connectivity index (χ4n) is 1.67. The van der Waals surface area contributed by atoms with Gasteiger partial charge in [0.25, 0.3) is 0 Å². The zero-order chi connectivity index (χ0) is 11.4. The molecule has 5 heteroatoms. The van der Waals surface area contributed by atoms with E-state index in [1.165, 1.54) is 14.2 Å². The van der Waals surface area contributed by atoms with Crippen molar-refractivity contribution in [1.29, 1.82) is 0 Å². The Bertz CT molecular complexity index is 309. The van der Waals surface area contributed by atoms with Gasteiger partial charge >= 0.3 is 11.9 Å². The molecule has 0 N–H and O–H groups in total. The van der Waals surface area contributed by atoms with Crippen LogP contribution in [0.2, 0.25) is 0 Å². The van der Waals surface area contributed by atoms with Crippen molar-refractivity contribution >= 4 is 27.9 Å². The topological polar surface area (TPSA) is 52.6 Å². The fraction of sp³-hybridized carbons (Fsp3) is 0.600. The van der Waals surface area contributed by atoms with E-state index in [4.69, 9.17) is 0 Å². The molecule has 0 saturated heterocycles. The lowest BCUT2D eigenvalue weighted by molar-refractivity contribution is -0.141. The molecule has 1 rings (SSSR count). The molecular weight excluding hydrogens is 264 g/mol. The molecule has 0 spiro atoms. The average Bonchev–Trinajstić information content (AvgIpc) is 2.22. The molecule has 1 atom stereocenters. The van der Waals surface area contributed by atoms with Crippen molar-refractivity contribution in [3.63, 3.8) is 0 Å². The molecule has 0 aromatic carbocycles. The van der Waals surface area contributed by atoms with Gasteiger partial charge in [0, 0.05) is 10.9 Å². The minimum absolute atomic E-state index is 0.117. The Morgan fingerprint density at radius 2 is 1.93 bits per heavy atom. The Labute approximate surface area is 96.7 Å². The Morgan fingerprint density at radius 1 is 1.33 bits per heavy atom. The highest BCUT2D eigenvalue weighted by Crippen LogP contribution is 2.38. The van der Waals surface area contributed by atoms with Crippen molar-refractivity contribution in [2.75, 3.05) is 19.5 Å². The molecule has 15 heavy (non-hydrogen) atoms. The van der Waals surface area contributed by atoms with Gasteiger partial charge in [0.2, 0.25) is 0 Å². The molecule has 0 aromatic heterocycles. The predicted octanol–water partition coefficient (Wildman–Crippen LogP) is 1.43. The third-order valence-corrected chi connectivity index (χ3v) is 2.94. The van der Waals surface area contributed by atoms with Gasteiger partial charge in [0.1, 0.15) is 0 Å². The van der Waals surface area contributed by atoms with Crippen molar-refractivity contribution in [1.82, 2.24) is 0 Å². The van der Waals surface area contributed by atoms with Gasteiger partial charge in [-0.3, -0.25) is 0 Å².